The topological polar surface area (TPSA) is 53.1 Å². The van der Waals surface area contributed by atoms with Crippen molar-refractivity contribution in [3.63, 3.8) is 0 Å². The first-order valence-corrected chi connectivity index (χ1v) is 6.23. The number of amidine groups is 1. The van der Waals surface area contributed by atoms with Gasteiger partial charge in [-0.25, -0.2) is 4.39 Å². The van der Waals surface area contributed by atoms with Crippen LogP contribution in [0.3, 0.4) is 0 Å². The van der Waals surface area contributed by atoms with Gasteiger partial charge in [0.1, 0.15) is 11.7 Å². The fraction of sp³-hybridized carbons (Fsp3) is 0.500. The number of hydrogen-bond acceptors (Lipinski definition) is 2. The smallest absolute Gasteiger partial charge is 0.123 e. The maximum Gasteiger partial charge on any atom is 0.123 e. The Morgan fingerprint density at radius 2 is 2.22 bits per heavy atom. The van der Waals surface area contributed by atoms with E-state index >= 15 is 0 Å². The Labute approximate surface area is 107 Å². The molecule has 0 atom stereocenters. The van der Waals surface area contributed by atoms with Crippen molar-refractivity contribution in [1.29, 1.82) is 5.41 Å². The van der Waals surface area contributed by atoms with Gasteiger partial charge in [0.25, 0.3) is 0 Å². The van der Waals surface area contributed by atoms with Crippen molar-refractivity contribution in [2.75, 3.05) is 13.1 Å². The number of nitrogens with zero attached hydrogens (tertiary/aromatic N) is 1. The molecule has 98 valence electrons. The maximum absolute atomic E-state index is 13.2. The van der Waals surface area contributed by atoms with E-state index < -0.39 is 0 Å². The first-order valence-electron chi connectivity index (χ1n) is 6.23. The van der Waals surface area contributed by atoms with Crippen LogP contribution in [0.5, 0.6) is 0 Å². The Balaban J connectivity index is 2.17. The van der Waals surface area contributed by atoms with Crippen molar-refractivity contribution in [1.82, 2.24) is 4.90 Å². The third-order valence-electron chi connectivity index (χ3n) is 3.51. The zero-order valence-corrected chi connectivity index (χ0v) is 11.0. The predicted molar refractivity (Wildman–Crippen MR) is 71.1 cm³/mol. The van der Waals surface area contributed by atoms with Crippen LogP contribution in [-0.4, -0.2) is 23.8 Å². The van der Waals surface area contributed by atoms with E-state index in [0.717, 1.165) is 25.2 Å². The van der Waals surface area contributed by atoms with Gasteiger partial charge in [-0.05, 0) is 36.1 Å². The van der Waals surface area contributed by atoms with Crippen LogP contribution in [0.1, 0.15) is 31.4 Å². The lowest BCUT2D eigenvalue weighted by atomic mass is 9.93. The van der Waals surface area contributed by atoms with Crippen molar-refractivity contribution in [3.05, 3.63) is 35.1 Å². The summed E-state index contributed by atoms with van der Waals surface area (Å²) in [6.07, 6.45) is 1.17. The molecular weight excluding hydrogens is 229 g/mol. The molecule has 0 radical (unpaired) electrons. The molecule has 1 heterocycles. The molecule has 0 amide bonds. The summed E-state index contributed by atoms with van der Waals surface area (Å²) >= 11 is 0. The second-order valence-electron chi connectivity index (χ2n) is 5.84. The Morgan fingerprint density at radius 3 is 2.78 bits per heavy atom. The summed E-state index contributed by atoms with van der Waals surface area (Å²) < 4.78 is 13.2. The highest BCUT2D eigenvalue weighted by atomic mass is 19.1. The standard InChI is InChI=1S/C14H20FN3/c1-14(2)5-6-18(9-14)8-10-3-4-11(15)7-12(10)13(16)17/h3-4,7H,5-6,8-9H2,1-2H3,(H3,16,17). The van der Waals surface area contributed by atoms with Gasteiger partial charge in [-0.1, -0.05) is 19.9 Å². The molecule has 1 aromatic carbocycles. The summed E-state index contributed by atoms with van der Waals surface area (Å²) in [4.78, 5) is 2.33. The molecule has 0 spiro atoms. The first-order chi connectivity index (χ1) is 8.37. The predicted octanol–water partition coefficient (Wildman–Crippen LogP) is 2.34. The van der Waals surface area contributed by atoms with Crippen LogP contribution in [0.2, 0.25) is 0 Å². The van der Waals surface area contributed by atoms with E-state index in [-0.39, 0.29) is 11.7 Å². The van der Waals surface area contributed by atoms with Gasteiger partial charge in [0.05, 0.1) is 0 Å². The highest BCUT2D eigenvalue weighted by Crippen LogP contribution is 2.30. The number of halogens is 1. The van der Waals surface area contributed by atoms with Crippen LogP contribution >= 0.6 is 0 Å². The van der Waals surface area contributed by atoms with E-state index in [9.17, 15) is 4.39 Å². The number of likely N-dealkylation sites (tertiary alicyclic amines) is 1. The Kier molecular flexibility index (Phi) is 3.39. The normalized spacial score (nSPS) is 19.1. The minimum atomic E-state index is -0.342. The van der Waals surface area contributed by atoms with Crippen LogP contribution in [0.4, 0.5) is 4.39 Å². The van der Waals surface area contributed by atoms with Crippen LogP contribution in [0.25, 0.3) is 0 Å². The summed E-state index contributed by atoms with van der Waals surface area (Å²) in [6, 6.07) is 4.51. The van der Waals surface area contributed by atoms with E-state index in [4.69, 9.17) is 11.1 Å². The molecule has 0 unspecified atom stereocenters. The number of nitrogens with one attached hydrogen (secondary N) is 1. The molecule has 1 fully saturated rings. The second kappa shape index (κ2) is 4.69. The molecule has 0 aliphatic carbocycles. The average Bonchev–Trinajstić information content (AvgIpc) is 2.60. The number of rotatable bonds is 3. The van der Waals surface area contributed by atoms with Crippen molar-refractivity contribution in [2.24, 2.45) is 11.1 Å². The molecule has 1 aromatic rings. The molecule has 1 saturated heterocycles. The third-order valence-corrected chi connectivity index (χ3v) is 3.51. The zero-order valence-electron chi connectivity index (χ0n) is 11.0. The molecule has 4 heteroatoms. The van der Waals surface area contributed by atoms with Gasteiger partial charge in [0.2, 0.25) is 0 Å². The van der Waals surface area contributed by atoms with E-state index in [1.54, 1.807) is 6.07 Å². The molecule has 1 aliphatic rings. The molecule has 0 saturated carbocycles. The second-order valence-corrected chi connectivity index (χ2v) is 5.84. The molecule has 0 aromatic heterocycles. The van der Waals surface area contributed by atoms with Crippen LogP contribution < -0.4 is 5.73 Å². The largest absolute Gasteiger partial charge is 0.384 e. The fourth-order valence-corrected chi connectivity index (χ4v) is 2.54. The Bertz CT molecular complexity index is 468. The molecule has 0 bridgehead atoms. The quantitative estimate of drug-likeness (QED) is 0.638. The van der Waals surface area contributed by atoms with Gasteiger partial charge in [0, 0.05) is 18.7 Å². The fourth-order valence-electron chi connectivity index (χ4n) is 2.54. The minimum Gasteiger partial charge on any atom is -0.384 e. The van der Waals surface area contributed by atoms with Crippen LogP contribution in [0.15, 0.2) is 18.2 Å². The number of nitrogen functional groups attached to an aromatic ring is 1. The molecule has 2 rings (SSSR count). The van der Waals surface area contributed by atoms with Gasteiger partial charge >= 0.3 is 0 Å². The van der Waals surface area contributed by atoms with Gasteiger partial charge in [-0.2, -0.15) is 0 Å². The number of nitrogens with two attached hydrogens (primary N) is 1. The summed E-state index contributed by atoms with van der Waals surface area (Å²) in [6.45, 7) is 7.31. The molecular formula is C14H20FN3. The molecule has 18 heavy (non-hydrogen) atoms. The van der Waals surface area contributed by atoms with Crippen molar-refractivity contribution >= 4 is 5.84 Å². The summed E-state index contributed by atoms with van der Waals surface area (Å²) in [5, 5.41) is 7.52. The Hall–Kier alpha value is -1.42. The number of benzene rings is 1. The molecule has 3 N–H and O–H groups in total. The Morgan fingerprint density at radius 1 is 1.50 bits per heavy atom. The molecule has 1 aliphatic heterocycles. The summed E-state index contributed by atoms with van der Waals surface area (Å²) in [5.41, 5.74) is 7.30. The maximum atomic E-state index is 13.2. The van der Waals surface area contributed by atoms with Crippen LogP contribution in [0, 0.1) is 16.6 Å². The van der Waals surface area contributed by atoms with E-state index in [0.29, 0.717) is 11.0 Å². The van der Waals surface area contributed by atoms with Crippen molar-refractivity contribution < 1.29 is 4.39 Å². The van der Waals surface area contributed by atoms with Crippen molar-refractivity contribution in [3.8, 4) is 0 Å². The van der Waals surface area contributed by atoms with E-state index in [1.165, 1.54) is 18.6 Å². The van der Waals surface area contributed by atoms with E-state index in [2.05, 4.69) is 18.7 Å². The lowest BCUT2D eigenvalue weighted by molar-refractivity contribution is 0.284. The lowest BCUT2D eigenvalue weighted by Crippen LogP contribution is -2.25. The highest BCUT2D eigenvalue weighted by Gasteiger charge is 2.29. The third kappa shape index (κ3) is 2.88. The SMILES string of the molecule is CC1(C)CCN(Cc2ccc(F)cc2C(=N)N)C1. The summed E-state index contributed by atoms with van der Waals surface area (Å²) in [5.74, 6) is -0.409. The lowest BCUT2D eigenvalue weighted by Gasteiger charge is -2.20. The van der Waals surface area contributed by atoms with Gasteiger partial charge in [-0.3, -0.25) is 10.3 Å². The van der Waals surface area contributed by atoms with Crippen molar-refractivity contribution in [2.45, 2.75) is 26.8 Å². The van der Waals surface area contributed by atoms with Crippen LogP contribution in [-0.2, 0) is 6.54 Å². The molecule has 3 nitrogen and oxygen atoms in total. The summed E-state index contributed by atoms with van der Waals surface area (Å²) in [7, 11) is 0. The average molecular weight is 249 g/mol. The minimum absolute atomic E-state index is 0.0667. The number of hydrogen-bond donors (Lipinski definition) is 2. The highest BCUT2D eigenvalue weighted by molar-refractivity contribution is 5.96. The monoisotopic (exact) mass is 249 g/mol. The zero-order chi connectivity index (χ0) is 13.3. The van der Waals surface area contributed by atoms with Gasteiger partial charge < -0.3 is 5.73 Å². The van der Waals surface area contributed by atoms with Gasteiger partial charge in [0.15, 0.2) is 0 Å². The first kappa shape index (κ1) is 13.0. The van der Waals surface area contributed by atoms with Gasteiger partial charge in [-0.15, -0.1) is 0 Å². The van der Waals surface area contributed by atoms with E-state index in [1.807, 2.05) is 0 Å².